The van der Waals surface area contributed by atoms with Crippen molar-refractivity contribution in [3.05, 3.63) is 66.2 Å². The number of fused-ring (bicyclic) bond motifs is 1. The normalized spacial score (nSPS) is 11.8. The molecule has 4 rings (SSSR count). The first-order valence-corrected chi connectivity index (χ1v) is 8.15. The minimum Gasteiger partial charge on any atom is -0.245 e. The summed E-state index contributed by atoms with van der Waals surface area (Å²) in [5.74, 6) is 0.392. The minimum absolute atomic E-state index is 0.392. The third kappa shape index (κ3) is 3.10. The summed E-state index contributed by atoms with van der Waals surface area (Å²) in [6.07, 6.45) is -4.35. The van der Waals surface area contributed by atoms with Crippen molar-refractivity contribution < 1.29 is 13.2 Å². The lowest BCUT2D eigenvalue weighted by Crippen LogP contribution is -2.04. The smallest absolute Gasteiger partial charge is 0.245 e. The van der Waals surface area contributed by atoms with E-state index in [4.69, 9.17) is 0 Å². The van der Waals surface area contributed by atoms with E-state index in [1.807, 2.05) is 36.4 Å². The molecule has 0 aliphatic heterocycles. The van der Waals surface area contributed by atoms with Crippen molar-refractivity contribution in [2.24, 2.45) is 0 Å². The van der Waals surface area contributed by atoms with Crippen LogP contribution in [0, 0.1) is 0 Å². The summed E-state index contributed by atoms with van der Waals surface area (Å²) in [6, 6.07) is 16.4. The number of benzene rings is 2. The van der Waals surface area contributed by atoms with Crippen LogP contribution >= 0.6 is 11.5 Å². The molecular formula is C18H10F3N3S. The zero-order valence-electron chi connectivity index (χ0n) is 12.7. The maximum atomic E-state index is 12.6. The number of nitrogens with zero attached hydrogens (tertiary/aromatic N) is 3. The molecule has 2 aromatic carbocycles. The average Bonchev–Trinajstić information content (AvgIpc) is 3.11. The van der Waals surface area contributed by atoms with Crippen LogP contribution < -0.4 is 0 Å². The van der Waals surface area contributed by atoms with Gasteiger partial charge >= 0.3 is 6.18 Å². The number of hydrogen-bond acceptors (Lipinski definition) is 4. The van der Waals surface area contributed by atoms with Crippen molar-refractivity contribution in [3.63, 3.8) is 0 Å². The molecule has 0 radical (unpaired) electrons. The second kappa shape index (κ2) is 5.93. The van der Waals surface area contributed by atoms with Gasteiger partial charge in [-0.25, -0.2) is 9.97 Å². The van der Waals surface area contributed by atoms with E-state index in [9.17, 15) is 13.2 Å². The topological polar surface area (TPSA) is 38.7 Å². The predicted octanol–water partition coefficient (Wildman–Crippen LogP) is 5.44. The van der Waals surface area contributed by atoms with Crippen molar-refractivity contribution >= 4 is 22.4 Å². The fraction of sp³-hybridized carbons (Fsp3) is 0.0556. The summed E-state index contributed by atoms with van der Waals surface area (Å²) in [6.45, 7) is 0. The molecule has 0 aliphatic carbocycles. The lowest BCUT2D eigenvalue weighted by Gasteiger charge is -2.06. The van der Waals surface area contributed by atoms with E-state index in [1.165, 1.54) is 23.7 Å². The Morgan fingerprint density at radius 3 is 2.32 bits per heavy atom. The molecule has 0 aliphatic rings. The van der Waals surface area contributed by atoms with E-state index in [-0.39, 0.29) is 0 Å². The second-order valence-corrected chi connectivity index (χ2v) is 6.14. The lowest BCUT2D eigenvalue weighted by atomic mass is 10.1. The van der Waals surface area contributed by atoms with Crippen molar-refractivity contribution in [1.29, 1.82) is 0 Å². The van der Waals surface area contributed by atoms with Crippen molar-refractivity contribution in [2.45, 2.75) is 6.18 Å². The van der Waals surface area contributed by atoms with Crippen LogP contribution in [0.15, 0.2) is 60.7 Å². The average molecular weight is 357 g/mol. The van der Waals surface area contributed by atoms with E-state index >= 15 is 0 Å². The quantitative estimate of drug-likeness (QED) is 0.479. The SMILES string of the molecule is FC(F)(F)c1ccc(-c2nsc(-c3ccc4ccccc4n3)n2)cc1. The van der Waals surface area contributed by atoms with Crippen LogP contribution in [-0.2, 0) is 6.18 Å². The highest BCUT2D eigenvalue weighted by molar-refractivity contribution is 7.09. The van der Waals surface area contributed by atoms with Gasteiger partial charge in [0, 0.05) is 10.9 Å². The molecule has 7 heteroatoms. The van der Waals surface area contributed by atoms with E-state index in [0.29, 0.717) is 22.1 Å². The van der Waals surface area contributed by atoms with Gasteiger partial charge in [0.25, 0.3) is 0 Å². The zero-order valence-corrected chi connectivity index (χ0v) is 13.5. The zero-order chi connectivity index (χ0) is 17.4. The number of hydrogen-bond donors (Lipinski definition) is 0. The highest BCUT2D eigenvalue weighted by atomic mass is 32.1. The molecule has 3 nitrogen and oxygen atoms in total. The van der Waals surface area contributed by atoms with Crippen LogP contribution in [-0.4, -0.2) is 14.3 Å². The predicted molar refractivity (Wildman–Crippen MR) is 91.1 cm³/mol. The summed E-state index contributed by atoms with van der Waals surface area (Å²) >= 11 is 1.17. The number of para-hydroxylation sites is 1. The van der Waals surface area contributed by atoms with Crippen molar-refractivity contribution in [2.75, 3.05) is 0 Å². The van der Waals surface area contributed by atoms with Gasteiger partial charge < -0.3 is 0 Å². The van der Waals surface area contributed by atoms with Gasteiger partial charge in [-0.1, -0.05) is 36.4 Å². The fourth-order valence-electron chi connectivity index (χ4n) is 2.44. The van der Waals surface area contributed by atoms with Gasteiger partial charge in [-0.2, -0.15) is 17.5 Å². The molecule has 0 amide bonds. The molecule has 0 saturated carbocycles. The lowest BCUT2D eigenvalue weighted by molar-refractivity contribution is -0.137. The highest BCUT2D eigenvalue weighted by Gasteiger charge is 2.30. The van der Waals surface area contributed by atoms with E-state index < -0.39 is 11.7 Å². The largest absolute Gasteiger partial charge is 0.416 e. The first-order chi connectivity index (χ1) is 12.0. The summed E-state index contributed by atoms with van der Waals surface area (Å²) < 4.78 is 42.2. The molecule has 0 saturated heterocycles. The Balaban J connectivity index is 1.67. The standard InChI is InChI=1S/C18H10F3N3S/c19-18(20,21)13-8-5-12(6-9-13)16-23-17(25-24-16)15-10-7-11-3-1-2-4-14(11)22-15/h1-10H. The summed E-state index contributed by atoms with van der Waals surface area (Å²) in [7, 11) is 0. The third-order valence-electron chi connectivity index (χ3n) is 3.71. The van der Waals surface area contributed by atoms with Crippen LogP contribution in [0.3, 0.4) is 0 Å². The molecule has 2 aromatic heterocycles. The molecule has 0 unspecified atom stereocenters. The molecular weight excluding hydrogens is 347 g/mol. The first-order valence-electron chi connectivity index (χ1n) is 7.38. The first kappa shape index (κ1) is 15.7. The van der Waals surface area contributed by atoms with Gasteiger partial charge in [-0.3, -0.25) is 0 Å². The van der Waals surface area contributed by atoms with E-state index in [1.54, 1.807) is 0 Å². The summed E-state index contributed by atoms with van der Waals surface area (Å²) in [4.78, 5) is 8.97. The maximum Gasteiger partial charge on any atom is 0.416 e. The Hall–Kier alpha value is -2.80. The van der Waals surface area contributed by atoms with Crippen LogP contribution in [0.4, 0.5) is 13.2 Å². The summed E-state index contributed by atoms with van der Waals surface area (Å²) in [5, 5.41) is 1.65. The van der Waals surface area contributed by atoms with Crippen LogP contribution in [0.5, 0.6) is 0 Å². The molecule has 0 N–H and O–H groups in total. The minimum atomic E-state index is -4.35. The van der Waals surface area contributed by atoms with Gasteiger partial charge in [-0.15, -0.1) is 0 Å². The van der Waals surface area contributed by atoms with Crippen molar-refractivity contribution in [3.8, 4) is 22.1 Å². The maximum absolute atomic E-state index is 12.6. The molecule has 2 heterocycles. The van der Waals surface area contributed by atoms with Gasteiger partial charge in [0.2, 0.25) is 0 Å². The number of rotatable bonds is 2. The van der Waals surface area contributed by atoms with E-state index in [2.05, 4.69) is 14.3 Å². The molecule has 0 spiro atoms. The van der Waals surface area contributed by atoms with Gasteiger partial charge in [-0.05, 0) is 35.8 Å². The highest BCUT2D eigenvalue weighted by Crippen LogP contribution is 2.31. The molecule has 25 heavy (non-hydrogen) atoms. The van der Waals surface area contributed by atoms with Crippen LogP contribution in [0.2, 0.25) is 0 Å². The Labute approximate surface area is 145 Å². The van der Waals surface area contributed by atoms with Gasteiger partial charge in [0.1, 0.15) is 5.69 Å². The number of alkyl halides is 3. The van der Waals surface area contributed by atoms with Crippen molar-refractivity contribution in [1.82, 2.24) is 14.3 Å². The second-order valence-electron chi connectivity index (χ2n) is 5.39. The fourth-order valence-corrected chi connectivity index (χ4v) is 3.09. The molecule has 0 bridgehead atoms. The number of aromatic nitrogens is 3. The number of halogens is 3. The Kier molecular flexibility index (Phi) is 3.73. The molecule has 0 atom stereocenters. The van der Waals surface area contributed by atoms with Crippen LogP contribution in [0.1, 0.15) is 5.56 Å². The Morgan fingerprint density at radius 2 is 1.56 bits per heavy atom. The van der Waals surface area contributed by atoms with Gasteiger partial charge in [0.05, 0.1) is 11.1 Å². The molecule has 0 fully saturated rings. The third-order valence-corrected chi connectivity index (χ3v) is 4.45. The Bertz CT molecular complexity index is 1040. The Morgan fingerprint density at radius 1 is 0.800 bits per heavy atom. The van der Waals surface area contributed by atoms with Gasteiger partial charge in [0.15, 0.2) is 10.8 Å². The van der Waals surface area contributed by atoms with Crippen LogP contribution in [0.25, 0.3) is 33.0 Å². The number of pyridine rings is 1. The molecule has 4 aromatic rings. The molecule has 124 valence electrons. The summed E-state index contributed by atoms with van der Waals surface area (Å²) in [5.41, 5.74) is 1.39. The monoisotopic (exact) mass is 357 g/mol. The van der Waals surface area contributed by atoms with E-state index in [0.717, 1.165) is 23.0 Å².